The molecule has 5 heteroatoms. The van der Waals surface area contributed by atoms with Crippen LogP contribution in [-0.2, 0) is 6.42 Å². The van der Waals surface area contributed by atoms with Crippen LogP contribution >= 0.6 is 24.2 Å². The van der Waals surface area contributed by atoms with Crippen LogP contribution < -0.4 is 5.56 Å². The highest BCUT2D eigenvalue weighted by Gasteiger charge is 2.10. The number of aromatic nitrogens is 2. The summed E-state index contributed by atoms with van der Waals surface area (Å²) in [5.74, 6) is 0. The number of benzene rings is 1. The summed E-state index contributed by atoms with van der Waals surface area (Å²) in [5.41, 5.74) is 0.959. The third-order valence-electron chi connectivity index (χ3n) is 2.27. The first-order valence-electron chi connectivity index (χ1n) is 4.86. The zero-order chi connectivity index (χ0) is 11.5. The maximum atomic E-state index is 11.5. The molecule has 2 rings (SSSR count). The molecule has 16 heavy (non-hydrogen) atoms. The van der Waals surface area contributed by atoms with Gasteiger partial charge in [-0.3, -0.25) is 9.89 Å². The summed E-state index contributed by atoms with van der Waals surface area (Å²) in [5, 5.41) is 2.85. The van der Waals surface area contributed by atoms with Gasteiger partial charge in [0.2, 0.25) is 0 Å². The van der Waals surface area contributed by atoms with Crippen molar-refractivity contribution in [1.29, 1.82) is 0 Å². The first-order valence-corrected chi connectivity index (χ1v) is 5.75. The molecule has 0 radical (unpaired) electrons. The van der Waals surface area contributed by atoms with Gasteiger partial charge in [-0.1, -0.05) is 41.9 Å². The van der Waals surface area contributed by atoms with Gasteiger partial charge < -0.3 is 0 Å². The van der Waals surface area contributed by atoms with Gasteiger partial charge in [0.25, 0.3) is 5.56 Å². The average Bonchev–Trinajstić information content (AvgIpc) is 2.59. The number of hydrogen-bond donors (Lipinski definition) is 2. The van der Waals surface area contributed by atoms with Crippen LogP contribution in [0, 0.1) is 0 Å². The third kappa shape index (κ3) is 2.51. The van der Waals surface area contributed by atoms with E-state index in [4.69, 9.17) is 11.6 Å². The molecule has 0 bridgehead atoms. The minimum absolute atomic E-state index is 0.166. The average molecular weight is 255 g/mol. The van der Waals surface area contributed by atoms with Gasteiger partial charge in [0.15, 0.2) is 0 Å². The summed E-state index contributed by atoms with van der Waals surface area (Å²) in [6, 6.07) is 11.2. The molecule has 1 aromatic heterocycles. The van der Waals surface area contributed by atoms with Gasteiger partial charge >= 0.3 is 0 Å². The van der Waals surface area contributed by atoms with Crippen molar-refractivity contribution in [3.8, 4) is 0 Å². The molecule has 0 saturated heterocycles. The van der Waals surface area contributed by atoms with Crippen LogP contribution in [-0.4, -0.2) is 9.78 Å². The summed E-state index contributed by atoms with van der Waals surface area (Å²) in [4.78, 5) is 11.5. The zero-order valence-corrected chi connectivity index (χ0v) is 10.1. The molecule has 0 saturated carbocycles. The Morgan fingerprint density at radius 1 is 1.38 bits per heavy atom. The SMILES string of the molecule is O=c1cc(Cl)[nH]n1C(S)Cc1ccccc1. The second kappa shape index (κ2) is 4.80. The summed E-state index contributed by atoms with van der Waals surface area (Å²) in [6.07, 6.45) is 0.667. The van der Waals surface area contributed by atoms with Crippen molar-refractivity contribution >= 4 is 24.2 Å². The molecule has 1 unspecified atom stereocenters. The highest BCUT2D eigenvalue weighted by atomic mass is 35.5. The number of nitrogens with one attached hydrogen (secondary N) is 1. The Kier molecular flexibility index (Phi) is 3.41. The highest BCUT2D eigenvalue weighted by Crippen LogP contribution is 2.16. The largest absolute Gasteiger partial charge is 0.284 e. The van der Waals surface area contributed by atoms with Crippen LogP contribution in [0.25, 0.3) is 0 Å². The van der Waals surface area contributed by atoms with Gasteiger partial charge in [0.05, 0.1) is 0 Å². The first-order chi connectivity index (χ1) is 7.66. The second-order valence-electron chi connectivity index (χ2n) is 3.48. The van der Waals surface area contributed by atoms with E-state index in [0.29, 0.717) is 11.6 Å². The summed E-state index contributed by atoms with van der Waals surface area (Å²) >= 11 is 10.1. The van der Waals surface area contributed by atoms with E-state index in [2.05, 4.69) is 17.7 Å². The number of H-pyrrole nitrogens is 1. The topological polar surface area (TPSA) is 37.8 Å². The van der Waals surface area contributed by atoms with Crippen LogP contribution in [0.1, 0.15) is 10.9 Å². The Balaban J connectivity index is 2.18. The van der Waals surface area contributed by atoms with Crippen molar-refractivity contribution in [3.63, 3.8) is 0 Å². The van der Waals surface area contributed by atoms with Crippen LogP contribution in [0.2, 0.25) is 5.15 Å². The van der Waals surface area contributed by atoms with Crippen molar-refractivity contribution in [1.82, 2.24) is 9.78 Å². The molecule has 0 aliphatic heterocycles. The minimum Gasteiger partial charge on any atom is -0.284 e. The number of halogens is 1. The summed E-state index contributed by atoms with van der Waals surface area (Å²) in [7, 11) is 0. The molecule has 1 aromatic carbocycles. The fourth-order valence-electron chi connectivity index (χ4n) is 1.52. The van der Waals surface area contributed by atoms with Crippen LogP contribution in [0.4, 0.5) is 0 Å². The smallest absolute Gasteiger partial charge is 0.269 e. The number of thiol groups is 1. The van der Waals surface area contributed by atoms with Gasteiger partial charge in [-0.25, -0.2) is 4.68 Å². The molecule has 1 heterocycles. The standard InChI is InChI=1S/C11H11ClN2OS/c12-9-7-10(15)14(13-9)11(16)6-8-4-2-1-3-5-8/h1-5,7,11,13,16H,6H2. The molecule has 0 aliphatic rings. The Labute approximate surface area is 103 Å². The monoisotopic (exact) mass is 254 g/mol. The molecule has 1 N–H and O–H groups in total. The summed E-state index contributed by atoms with van der Waals surface area (Å²) < 4.78 is 1.42. The predicted molar refractivity (Wildman–Crippen MR) is 68.2 cm³/mol. The Morgan fingerprint density at radius 2 is 2.06 bits per heavy atom. The molecule has 84 valence electrons. The number of rotatable bonds is 3. The van der Waals surface area contributed by atoms with E-state index in [1.165, 1.54) is 10.7 Å². The second-order valence-corrected chi connectivity index (χ2v) is 4.49. The molecule has 1 atom stereocenters. The third-order valence-corrected chi connectivity index (χ3v) is 2.88. The molecule has 0 aliphatic carbocycles. The van der Waals surface area contributed by atoms with Gasteiger partial charge in [-0.2, -0.15) is 12.6 Å². The van der Waals surface area contributed by atoms with E-state index in [9.17, 15) is 4.79 Å². The maximum absolute atomic E-state index is 11.5. The van der Waals surface area contributed by atoms with Crippen molar-refractivity contribution in [3.05, 3.63) is 57.5 Å². The van der Waals surface area contributed by atoms with E-state index >= 15 is 0 Å². The van der Waals surface area contributed by atoms with E-state index < -0.39 is 0 Å². The predicted octanol–water partition coefficient (Wildman–Crippen LogP) is 2.50. The molecule has 0 spiro atoms. The maximum Gasteiger partial charge on any atom is 0.269 e. The number of nitrogens with zero attached hydrogens (tertiary/aromatic N) is 1. The van der Waals surface area contributed by atoms with Gasteiger partial charge in [-0.05, 0) is 5.56 Å². The zero-order valence-electron chi connectivity index (χ0n) is 8.43. The Morgan fingerprint density at radius 3 is 2.62 bits per heavy atom. The number of hydrogen-bond acceptors (Lipinski definition) is 2. The van der Waals surface area contributed by atoms with Gasteiger partial charge in [-0.15, -0.1) is 0 Å². The van der Waals surface area contributed by atoms with Crippen molar-refractivity contribution < 1.29 is 0 Å². The molecule has 2 aromatic rings. The van der Waals surface area contributed by atoms with Crippen LogP contribution in [0.3, 0.4) is 0 Å². The highest BCUT2D eigenvalue weighted by molar-refractivity contribution is 7.80. The lowest BCUT2D eigenvalue weighted by atomic mass is 10.1. The van der Waals surface area contributed by atoms with Crippen LogP contribution in [0.5, 0.6) is 0 Å². The normalized spacial score (nSPS) is 12.6. The van der Waals surface area contributed by atoms with E-state index in [0.717, 1.165) is 5.56 Å². The van der Waals surface area contributed by atoms with E-state index in [1.54, 1.807) is 0 Å². The van der Waals surface area contributed by atoms with Crippen molar-refractivity contribution in [2.45, 2.75) is 11.8 Å². The van der Waals surface area contributed by atoms with Crippen LogP contribution in [0.15, 0.2) is 41.2 Å². The van der Waals surface area contributed by atoms with Gasteiger partial charge in [0, 0.05) is 12.5 Å². The lowest BCUT2D eigenvalue weighted by molar-refractivity contribution is 0.584. The Hall–Kier alpha value is -1.13. The van der Waals surface area contributed by atoms with E-state index in [-0.39, 0.29) is 10.9 Å². The van der Waals surface area contributed by atoms with Crippen molar-refractivity contribution in [2.75, 3.05) is 0 Å². The lowest BCUT2D eigenvalue weighted by Crippen LogP contribution is -2.20. The van der Waals surface area contributed by atoms with Crippen molar-refractivity contribution in [2.24, 2.45) is 0 Å². The summed E-state index contributed by atoms with van der Waals surface area (Å²) in [6.45, 7) is 0. The first kappa shape index (κ1) is 11.4. The number of aromatic amines is 1. The molecule has 3 nitrogen and oxygen atoms in total. The molecular formula is C11H11ClN2OS. The molecule has 0 amide bonds. The minimum atomic E-state index is -0.234. The molecule has 0 fully saturated rings. The lowest BCUT2D eigenvalue weighted by Gasteiger charge is -2.11. The van der Waals surface area contributed by atoms with Gasteiger partial charge in [0.1, 0.15) is 10.5 Å². The van der Waals surface area contributed by atoms with E-state index in [1.807, 2.05) is 30.3 Å². The Bertz CT molecular complexity index is 520. The molecular weight excluding hydrogens is 244 g/mol. The fraction of sp³-hybridized carbons (Fsp3) is 0.182. The quantitative estimate of drug-likeness (QED) is 0.812. The fourth-order valence-corrected chi connectivity index (χ4v) is 2.08.